The third kappa shape index (κ3) is 2.35. The molecule has 0 heterocycles. The predicted molar refractivity (Wildman–Crippen MR) is 63.7 cm³/mol. The van der Waals surface area contributed by atoms with Crippen LogP contribution in [0.2, 0.25) is 0 Å². The fraction of sp³-hybridized carbons (Fsp3) is 0.286. The van der Waals surface area contributed by atoms with Crippen molar-refractivity contribution in [2.75, 3.05) is 0 Å². The summed E-state index contributed by atoms with van der Waals surface area (Å²) in [6, 6.07) is 8.63. The van der Waals surface area contributed by atoms with Gasteiger partial charge in [-0.25, -0.2) is 0 Å². The Morgan fingerprint density at radius 2 is 1.43 bits per heavy atom. The monoisotopic (exact) mass is 186 g/mol. The Labute approximate surface area is 87.0 Å². The van der Waals surface area contributed by atoms with Crippen molar-refractivity contribution in [1.29, 1.82) is 0 Å². The normalized spacial score (nSPS) is 14.4. The summed E-state index contributed by atoms with van der Waals surface area (Å²) < 4.78 is 0. The van der Waals surface area contributed by atoms with Gasteiger partial charge in [0.15, 0.2) is 0 Å². The zero-order chi connectivity index (χ0) is 10.6. The van der Waals surface area contributed by atoms with Crippen LogP contribution >= 0.6 is 0 Å². The van der Waals surface area contributed by atoms with Gasteiger partial charge in [0.1, 0.15) is 0 Å². The van der Waals surface area contributed by atoms with E-state index in [2.05, 4.69) is 51.3 Å². The summed E-state index contributed by atoms with van der Waals surface area (Å²) in [6.07, 6.45) is 3.94. The van der Waals surface area contributed by atoms with Crippen LogP contribution in [0, 0.1) is 0 Å². The van der Waals surface area contributed by atoms with Gasteiger partial charge >= 0.3 is 0 Å². The molecule has 0 radical (unpaired) electrons. The lowest BCUT2D eigenvalue weighted by molar-refractivity contribution is 0.931. The summed E-state index contributed by atoms with van der Waals surface area (Å²) in [5, 5.41) is 0. The van der Waals surface area contributed by atoms with Crippen molar-refractivity contribution in [2.45, 2.75) is 25.7 Å². The minimum atomic E-state index is 0.423. The molecule has 2 unspecified atom stereocenters. The number of benzene rings is 1. The lowest BCUT2D eigenvalue weighted by Gasteiger charge is -2.11. The molecule has 1 aromatic rings. The van der Waals surface area contributed by atoms with Crippen LogP contribution in [0.4, 0.5) is 0 Å². The van der Waals surface area contributed by atoms with E-state index < -0.39 is 0 Å². The standard InChI is InChI=1S/C14H18/c1-5-11(3)13-8-7-9-14(10-13)12(4)6-2/h5-12H,1-2H2,3-4H3. The van der Waals surface area contributed by atoms with Gasteiger partial charge in [-0.3, -0.25) is 0 Å². The van der Waals surface area contributed by atoms with E-state index in [1.807, 2.05) is 12.2 Å². The van der Waals surface area contributed by atoms with Gasteiger partial charge in [-0.05, 0) is 23.0 Å². The van der Waals surface area contributed by atoms with E-state index >= 15 is 0 Å². The Hall–Kier alpha value is -1.30. The second-order valence-corrected chi connectivity index (χ2v) is 3.72. The molecule has 0 nitrogen and oxygen atoms in total. The molecule has 0 bridgehead atoms. The molecule has 0 aromatic heterocycles. The Bertz CT molecular complexity index is 293. The third-order valence-electron chi connectivity index (χ3n) is 2.67. The lowest BCUT2D eigenvalue weighted by atomic mass is 9.94. The van der Waals surface area contributed by atoms with Crippen molar-refractivity contribution in [2.24, 2.45) is 0 Å². The van der Waals surface area contributed by atoms with Gasteiger partial charge < -0.3 is 0 Å². The first-order valence-electron chi connectivity index (χ1n) is 5.04. The van der Waals surface area contributed by atoms with Gasteiger partial charge in [-0.15, -0.1) is 13.2 Å². The summed E-state index contributed by atoms with van der Waals surface area (Å²) in [5.41, 5.74) is 2.65. The van der Waals surface area contributed by atoms with E-state index in [0.29, 0.717) is 11.8 Å². The molecule has 0 heteroatoms. The van der Waals surface area contributed by atoms with Crippen LogP contribution in [0.3, 0.4) is 0 Å². The van der Waals surface area contributed by atoms with Crippen LogP contribution in [0.15, 0.2) is 49.6 Å². The van der Waals surface area contributed by atoms with E-state index in [4.69, 9.17) is 0 Å². The van der Waals surface area contributed by atoms with Crippen LogP contribution in [-0.2, 0) is 0 Å². The van der Waals surface area contributed by atoms with Crippen molar-refractivity contribution in [3.05, 3.63) is 60.7 Å². The summed E-state index contributed by atoms with van der Waals surface area (Å²) >= 11 is 0. The molecule has 0 aliphatic carbocycles. The van der Waals surface area contributed by atoms with Crippen LogP contribution in [-0.4, -0.2) is 0 Å². The smallest absolute Gasteiger partial charge is 0.00130 e. The second-order valence-electron chi connectivity index (χ2n) is 3.72. The fourth-order valence-electron chi connectivity index (χ4n) is 1.40. The van der Waals surface area contributed by atoms with E-state index in [9.17, 15) is 0 Å². The fourth-order valence-corrected chi connectivity index (χ4v) is 1.40. The molecule has 0 saturated carbocycles. The van der Waals surface area contributed by atoms with Crippen LogP contribution in [0.1, 0.15) is 36.8 Å². The van der Waals surface area contributed by atoms with Crippen LogP contribution in [0.5, 0.6) is 0 Å². The van der Waals surface area contributed by atoms with Gasteiger partial charge in [-0.1, -0.05) is 50.3 Å². The average molecular weight is 186 g/mol. The van der Waals surface area contributed by atoms with Gasteiger partial charge in [0.25, 0.3) is 0 Å². The van der Waals surface area contributed by atoms with Gasteiger partial charge in [0.05, 0.1) is 0 Å². The highest BCUT2D eigenvalue weighted by Crippen LogP contribution is 2.22. The predicted octanol–water partition coefficient (Wildman–Crippen LogP) is 4.27. The Morgan fingerprint density at radius 3 is 1.79 bits per heavy atom. The minimum absolute atomic E-state index is 0.423. The number of hydrogen-bond acceptors (Lipinski definition) is 0. The molecule has 0 aliphatic heterocycles. The van der Waals surface area contributed by atoms with E-state index in [1.54, 1.807) is 0 Å². The molecule has 14 heavy (non-hydrogen) atoms. The van der Waals surface area contributed by atoms with E-state index in [0.717, 1.165) is 0 Å². The maximum Gasteiger partial charge on any atom is -0.00130 e. The summed E-state index contributed by atoms with van der Waals surface area (Å²) in [6.45, 7) is 11.9. The topological polar surface area (TPSA) is 0 Å². The molecule has 0 N–H and O–H groups in total. The van der Waals surface area contributed by atoms with Crippen LogP contribution < -0.4 is 0 Å². The van der Waals surface area contributed by atoms with Crippen molar-refractivity contribution >= 4 is 0 Å². The maximum absolute atomic E-state index is 3.81. The first kappa shape index (κ1) is 10.8. The number of hydrogen-bond donors (Lipinski definition) is 0. The Balaban J connectivity index is 3.00. The van der Waals surface area contributed by atoms with Crippen LogP contribution in [0.25, 0.3) is 0 Å². The first-order chi connectivity index (χ1) is 6.69. The molecule has 0 fully saturated rings. The minimum Gasteiger partial charge on any atom is -0.102 e. The Morgan fingerprint density at radius 1 is 1.00 bits per heavy atom. The van der Waals surface area contributed by atoms with Crippen molar-refractivity contribution < 1.29 is 0 Å². The molecule has 0 saturated heterocycles. The molecule has 74 valence electrons. The molecule has 2 atom stereocenters. The largest absolute Gasteiger partial charge is 0.102 e. The molecule has 0 aliphatic rings. The first-order valence-corrected chi connectivity index (χ1v) is 5.04. The van der Waals surface area contributed by atoms with E-state index in [1.165, 1.54) is 11.1 Å². The van der Waals surface area contributed by atoms with Crippen molar-refractivity contribution in [3.63, 3.8) is 0 Å². The molecular weight excluding hydrogens is 168 g/mol. The highest BCUT2D eigenvalue weighted by molar-refractivity contribution is 5.31. The third-order valence-corrected chi connectivity index (χ3v) is 2.67. The summed E-state index contributed by atoms with van der Waals surface area (Å²) in [5.74, 6) is 0.846. The maximum atomic E-state index is 3.81. The lowest BCUT2D eigenvalue weighted by Crippen LogP contribution is -1.93. The van der Waals surface area contributed by atoms with E-state index in [-0.39, 0.29) is 0 Å². The molecule has 0 spiro atoms. The molecule has 0 amide bonds. The number of allylic oxidation sites excluding steroid dienone is 2. The van der Waals surface area contributed by atoms with Gasteiger partial charge in [-0.2, -0.15) is 0 Å². The zero-order valence-electron chi connectivity index (χ0n) is 9.03. The highest BCUT2D eigenvalue weighted by Gasteiger charge is 2.04. The van der Waals surface area contributed by atoms with Crippen molar-refractivity contribution in [1.82, 2.24) is 0 Å². The van der Waals surface area contributed by atoms with Gasteiger partial charge in [0, 0.05) is 0 Å². The zero-order valence-corrected chi connectivity index (χ0v) is 9.03. The summed E-state index contributed by atoms with van der Waals surface area (Å²) in [4.78, 5) is 0. The van der Waals surface area contributed by atoms with Gasteiger partial charge in [0.2, 0.25) is 0 Å². The molecular formula is C14H18. The number of rotatable bonds is 4. The molecule has 1 aromatic carbocycles. The Kier molecular flexibility index (Phi) is 3.70. The van der Waals surface area contributed by atoms with Crippen molar-refractivity contribution in [3.8, 4) is 0 Å². The quantitative estimate of drug-likeness (QED) is 0.616. The molecule has 1 rings (SSSR count). The SMILES string of the molecule is C=CC(C)c1cccc(C(C)C=C)c1. The second kappa shape index (κ2) is 4.80. The summed E-state index contributed by atoms with van der Waals surface area (Å²) in [7, 11) is 0. The average Bonchev–Trinajstić information content (AvgIpc) is 2.27. The highest BCUT2D eigenvalue weighted by atomic mass is 14.1.